The molecule has 5 nitrogen and oxygen atoms in total. The highest BCUT2D eigenvalue weighted by Gasteiger charge is 2.26. The molecule has 0 aliphatic carbocycles. The van der Waals surface area contributed by atoms with Crippen LogP contribution in [-0.4, -0.2) is 31.7 Å². The monoisotopic (exact) mass is 370 g/mol. The lowest BCUT2D eigenvalue weighted by molar-refractivity contribution is -0.116. The number of thiophene rings is 1. The molecule has 0 fully saturated rings. The fourth-order valence-corrected chi connectivity index (χ4v) is 4.56. The second kappa shape index (κ2) is 7.74. The first-order valence-corrected chi connectivity index (χ1v) is 9.33. The van der Waals surface area contributed by atoms with Crippen LogP contribution in [-0.2, 0) is 14.8 Å². The molecule has 1 aromatic carbocycles. The van der Waals surface area contributed by atoms with Gasteiger partial charge in [-0.15, -0.1) is 17.9 Å². The maximum absolute atomic E-state index is 12.5. The number of amides is 1. The number of nitrogens with one attached hydrogen (secondary N) is 1. The van der Waals surface area contributed by atoms with Crippen LogP contribution in [0.25, 0.3) is 0 Å². The molecule has 0 radical (unpaired) electrons. The van der Waals surface area contributed by atoms with Gasteiger partial charge < -0.3 is 5.32 Å². The molecule has 0 aliphatic rings. The van der Waals surface area contributed by atoms with Crippen molar-refractivity contribution in [2.24, 2.45) is 0 Å². The van der Waals surface area contributed by atoms with Crippen LogP contribution in [0.2, 0.25) is 5.02 Å². The molecule has 0 atom stereocenters. The number of carbonyl (C=O) groups is 1. The Morgan fingerprint density at radius 1 is 1.35 bits per heavy atom. The highest BCUT2D eigenvalue weighted by atomic mass is 35.5. The van der Waals surface area contributed by atoms with Crippen LogP contribution in [0.4, 0.5) is 5.69 Å². The molecule has 0 spiro atoms. The normalized spacial score (nSPS) is 11.4. The zero-order chi connectivity index (χ0) is 16.9. The average molecular weight is 371 g/mol. The number of nitrogens with zero attached hydrogens (tertiary/aromatic N) is 1. The first-order chi connectivity index (χ1) is 10.9. The predicted molar refractivity (Wildman–Crippen MR) is 93.4 cm³/mol. The van der Waals surface area contributed by atoms with Crippen molar-refractivity contribution in [1.82, 2.24) is 4.31 Å². The molecule has 2 rings (SSSR count). The number of anilines is 1. The number of hydrogen-bond acceptors (Lipinski definition) is 4. The van der Waals surface area contributed by atoms with E-state index in [1.165, 1.54) is 12.1 Å². The Morgan fingerprint density at radius 3 is 2.74 bits per heavy atom. The van der Waals surface area contributed by atoms with Crippen molar-refractivity contribution in [2.75, 3.05) is 18.4 Å². The smallest absolute Gasteiger partial charge is 0.253 e. The van der Waals surface area contributed by atoms with Crippen LogP contribution in [0.5, 0.6) is 0 Å². The van der Waals surface area contributed by atoms with Crippen molar-refractivity contribution in [2.45, 2.75) is 4.21 Å². The quantitative estimate of drug-likeness (QED) is 0.761. The molecule has 1 N–H and O–H groups in total. The zero-order valence-electron chi connectivity index (χ0n) is 12.1. The van der Waals surface area contributed by atoms with E-state index in [-0.39, 0.29) is 17.3 Å². The summed E-state index contributed by atoms with van der Waals surface area (Å²) in [6, 6.07) is 9.80. The van der Waals surface area contributed by atoms with Crippen LogP contribution in [0.3, 0.4) is 0 Å². The molecular weight excluding hydrogens is 356 g/mol. The minimum atomic E-state index is -3.72. The van der Waals surface area contributed by atoms with Crippen molar-refractivity contribution < 1.29 is 13.2 Å². The number of rotatable bonds is 7. The van der Waals surface area contributed by atoms with E-state index in [2.05, 4.69) is 11.9 Å². The Hall–Kier alpha value is -1.67. The molecule has 1 aromatic heterocycles. The van der Waals surface area contributed by atoms with Crippen LogP contribution in [0, 0.1) is 0 Å². The number of hydrogen-bond donors (Lipinski definition) is 1. The van der Waals surface area contributed by atoms with Gasteiger partial charge in [0.05, 0.1) is 6.54 Å². The zero-order valence-corrected chi connectivity index (χ0v) is 14.5. The van der Waals surface area contributed by atoms with Crippen molar-refractivity contribution in [1.29, 1.82) is 0 Å². The van der Waals surface area contributed by atoms with Gasteiger partial charge in [-0.3, -0.25) is 4.79 Å². The maximum Gasteiger partial charge on any atom is 0.253 e. The van der Waals surface area contributed by atoms with Gasteiger partial charge in [-0.05, 0) is 29.6 Å². The van der Waals surface area contributed by atoms with E-state index in [1.54, 1.807) is 35.7 Å². The molecule has 122 valence electrons. The van der Waals surface area contributed by atoms with Gasteiger partial charge in [0, 0.05) is 17.3 Å². The summed E-state index contributed by atoms with van der Waals surface area (Å²) in [6.45, 7) is 3.28. The first-order valence-electron chi connectivity index (χ1n) is 6.63. The molecule has 0 unspecified atom stereocenters. The third kappa shape index (κ3) is 4.65. The highest BCUT2D eigenvalue weighted by Crippen LogP contribution is 2.21. The summed E-state index contributed by atoms with van der Waals surface area (Å²) >= 11 is 6.96. The fraction of sp³-hybridized carbons (Fsp3) is 0.133. The van der Waals surface area contributed by atoms with Crippen molar-refractivity contribution >= 4 is 44.6 Å². The lowest BCUT2D eigenvalue weighted by Gasteiger charge is -2.19. The Morgan fingerprint density at radius 2 is 2.13 bits per heavy atom. The van der Waals surface area contributed by atoms with Gasteiger partial charge in [-0.25, -0.2) is 8.42 Å². The lowest BCUT2D eigenvalue weighted by atomic mass is 10.3. The second-order valence-electron chi connectivity index (χ2n) is 4.58. The topological polar surface area (TPSA) is 66.5 Å². The fourth-order valence-electron chi connectivity index (χ4n) is 1.86. The number of carbonyl (C=O) groups excluding carboxylic acids is 1. The Bertz CT molecular complexity index is 789. The average Bonchev–Trinajstić information content (AvgIpc) is 3.01. The van der Waals surface area contributed by atoms with Gasteiger partial charge in [0.15, 0.2) is 0 Å². The van der Waals surface area contributed by atoms with Gasteiger partial charge in [0.25, 0.3) is 10.0 Å². The summed E-state index contributed by atoms with van der Waals surface area (Å²) < 4.78 is 26.3. The van der Waals surface area contributed by atoms with E-state index in [0.717, 1.165) is 15.6 Å². The van der Waals surface area contributed by atoms with Crippen LogP contribution in [0.15, 0.2) is 58.6 Å². The van der Waals surface area contributed by atoms with Gasteiger partial charge in [-0.1, -0.05) is 29.8 Å². The van der Waals surface area contributed by atoms with Crippen molar-refractivity contribution in [3.63, 3.8) is 0 Å². The summed E-state index contributed by atoms with van der Waals surface area (Å²) in [5, 5.41) is 4.78. The van der Waals surface area contributed by atoms with Crippen LogP contribution in [0.1, 0.15) is 0 Å². The van der Waals surface area contributed by atoms with Crippen LogP contribution >= 0.6 is 22.9 Å². The van der Waals surface area contributed by atoms with Gasteiger partial charge in [-0.2, -0.15) is 4.31 Å². The Kier molecular flexibility index (Phi) is 5.95. The SMILES string of the molecule is C=CCN(CC(=O)Nc1cccc(Cl)c1)S(=O)(=O)c1cccs1. The molecular formula is C15H15ClN2O3S2. The van der Waals surface area contributed by atoms with E-state index in [1.807, 2.05) is 0 Å². The van der Waals surface area contributed by atoms with E-state index in [9.17, 15) is 13.2 Å². The van der Waals surface area contributed by atoms with Gasteiger partial charge in [0.2, 0.25) is 5.91 Å². The molecule has 1 amide bonds. The summed E-state index contributed by atoms with van der Waals surface area (Å²) in [5.41, 5.74) is 0.509. The standard InChI is InChI=1S/C15H15ClN2O3S2/c1-2-8-18(23(20,21)15-7-4-9-22-15)11-14(19)17-13-6-3-5-12(16)10-13/h2-7,9-10H,1,8,11H2,(H,17,19). The molecule has 1 heterocycles. The Labute approximate surface area is 144 Å². The minimum absolute atomic E-state index is 0.0448. The van der Waals surface area contributed by atoms with Gasteiger partial charge in [0.1, 0.15) is 4.21 Å². The number of halogens is 1. The van der Waals surface area contributed by atoms with Crippen LogP contribution < -0.4 is 5.32 Å². The molecule has 0 aliphatic heterocycles. The largest absolute Gasteiger partial charge is 0.325 e. The van der Waals surface area contributed by atoms with E-state index >= 15 is 0 Å². The summed E-state index contributed by atoms with van der Waals surface area (Å²) in [7, 11) is -3.72. The molecule has 0 saturated heterocycles. The summed E-state index contributed by atoms with van der Waals surface area (Å²) in [6.07, 6.45) is 1.44. The number of benzene rings is 1. The van der Waals surface area contributed by atoms with E-state index < -0.39 is 15.9 Å². The van der Waals surface area contributed by atoms with Gasteiger partial charge >= 0.3 is 0 Å². The Balaban J connectivity index is 2.13. The predicted octanol–water partition coefficient (Wildman–Crippen LogP) is 3.22. The third-order valence-corrected chi connectivity index (χ3v) is 6.27. The molecule has 0 saturated carbocycles. The first kappa shape index (κ1) is 17.7. The van der Waals surface area contributed by atoms with E-state index in [4.69, 9.17) is 11.6 Å². The summed E-state index contributed by atoms with van der Waals surface area (Å²) in [5.74, 6) is -0.450. The molecule has 8 heteroatoms. The third-order valence-electron chi connectivity index (χ3n) is 2.85. The lowest BCUT2D eigenvalue weighted by Crippen LogP contribution is -2.37. The molecule has 2 aromatic rings. The molecule has 23 heavy (non-hydrogen) atoms. The maximum atomic E-state index is 12.5. The second-order valence-corrected chi connectivity index (χ2v) is 8.13. The number of sulfonamides is 1. The van der Waals surface area contributed by atoms with E-state index in [0.29, 0.717) is 10.7 Å². The summed E-state index contributed by atoms with van der Waals surface area (Å²) in [4.78, 5) is 12.1. The molecule has 0 bridgehead atoms. The van der Waals surface area contributed by atoms with Crippen molar-refractivity contribution in [3.8, 4) is 0 Å². The minimum Gasteiger partial charge on any atom is -0.325 e. The highest BCUT2D eigenvalue weighted by molar-refractivity contribution is 7.91. The van der Waals surface area contributed by atoms with Crippen molar-refractivity contribution in [3.05, 3.63) is 59.5 Å².